The minimum Gasteiger partial charge on any atom is -0.444 e. The molecule has 0 saturated carbocycles. The SMILES string of the molecule is CC(C)CN(C[C@@H](OP(=O)(O)O)[C@H](Cc1ccccc1)NC(=O)O[C@H]1CCOC1)S(=O)(=O)c1ccc(N)cc1.[Ca+2]. The smallest absolute Gasteiger partial charge is 0.444 e. The Morgan fingerprint density at radius 1 is 1.15 bits per heavy atom. The number of benzene rings is 2. The minimum atomic E-state index is -5.12. The van der Waals surface area contributed by atoms with E-state index >= 15 is 0 Å². The van der Waals surface area contributed by atoms with Gasteiger partial charge < -0.3 is 30.3 Å². The van der Waals surface area contributed by atoms with Crippen molar-refractivity contribution >= 4 is 67.4 Å². The first-order chi connectivity index (χ1) is 18.3. The van der Waals surface area contributed by atoms with Gasteiger partial charge in [-0.05, 0) is 42.2 Å². The van der Waals surface area contributed by atoms with Gasteiger partial charge in [0, 0.05) is 25.2 Å². The van der Waals surface area contributed by atoms with Crippen molar-refractivity contribution in [2.75, 3.05) is 32.0 Å². The number of nitrogens with two attached hydrogens (primary N) is 1. The Morgan fingerprint density at radius 3 is 2.35 bits per heavy atom. The molecule has 1 amide bonds. The largest absolute Gasteiger partial charge is 2.00 e. The van der Waals surface area contributed by atoms with Crippen molar-refractivity contribution in [2.45, 2.75) is 49.8 Å². The summed E-state index contributed by atoms with van der Waals surface area (Å²) in [5.74, 6) is -0.142. The molecule has 1 fully saturated rings. The fourth-order valence-electron chi connectivity index (χ4n) is 4.16. The number of nitrogen functional groups attached to an aromatic ring is 1. The summed E-state index contributed by atoms with van der Waals surface area (Å²) in [6, 6.07) is 13.5. The number of carbonyl (C=O) groups excluding carboxylic acids is 1. The molecule has 1 aliphatic heterocycles. The van der Waals surface area contributed by atoms with E-state index in [1.54, 1.807) is 30.3 Å². The molecule has 0 aliphatic carbocycles. The molecule has 0 bridgehead atoms. The van der Waals surface area contributed by atoms with Gasteiger partial charge in [-0.1, -0.05) is 44.2 Å². The van der Waals surface area contributed by atoms with Gasteiger partial charge in [-0.3, -0.25) is 4.52 Å². The second-order valence-corrected chi connectivity index (χ2v) is 12.9. The average molecular weight is 626 g/mol. The van der Waals surface area contributed by atoms with E-state index in [0.717, 1.165) is 9.87 Å². The van der Waals surface area contributed by atoms with Gasteiger partial charge in [0.25, 0.3) is 0 Å². The van der Waals surface area contributed by atoms with E-state index in [4.69, 9.17) is 19.7 Å². The summed E-state index contributed by atoms with van der Waals surface area (Å²) in [7, 11) is -9.26. The monoisotopic (exact) mass is 625 g/mol. The first-order valence-electron chi connectivity index (χ1n) is 12.5. The maximum atomic E-state index is 13.6. The van der Waals surface area contributed by atoms with Gasteiger partial charge in [0.1, 0.15) is 12.2 Å². The molecule has 1 heterocycles. The maximum absolute atomic E-state index is 13.6. The van der Waals surface area contributed by atoms with Crippen molar-refractivity contribution < 1.29 is 41.6 Å². The Hall–Kier alpha value is -1.25. The standard InChI is InChI=1S/C25H36N3O9PS.Ca/c1-18(2)15-28(39(33,34)22-10-8-20(26)9-11-22)16-24(37-38(30,31)32)23(14-19-6-4-3-5-7-19)27-25(29)36-21-12-13-35-17-21;/h3-11,18,21,23-24H,12-17,26H2,1-2H3,(H,27,29)(H2,30,31,32);/q;+2/t21-,23-,24+;/m0./s1. The van der Waals surface area contributed by atoms with E-state index in [1.807, 2.05) is 13.8 Å². The second kappa shape index (κ2) is 15.8. The van der Waals surface area contributed by atoms with Crippen LogP contribution in [-0.2, 0) is 35.0 Å². The normalized spacial score (nSPS) is 17.3. The summed E-state index contributed by atoms with van der Waals surface area (Å²) in [5, 5.41) is 2.65. The van der Waals surface area contributed by atoms with Crippen LogP contribution in [0.5, 0.6) is 0 Å². The molecule has 2 aromatic carbocycles. The van der Waals surface area contributed by atoms with Gasteiger partial charge in [-0.25, -0.2) is 17.8 Å². The summed E-state index contributed by atoms with van der Waals surface area (Å²) in [4.78, 5) is 32.3. The van der Waals surface area contributed by atoms with Gasteiger partial charge in [-0.2, -0.15) is 4.31 Å². The Balaban J connectivity index is 0.00000560. The maximum Gasteiger partial charge on any atom is 2.00 e. The number of sulfonamides is 1. The van der Waals surface area contributed by atoms with E-state index < -0.39 is 48.7 Å². The van der Waals surface area contributed by atoms with Crippen LogP contribution in [0.3, 0.4) is 0 Å². The van der Waals surface area contributed by atoms with E-state index in [1.165, 1.54) is 24.3 Å². The molecule has 3 rings (SSSR count). The predicted molar refractivity (Wildman–Crippen MR) is 150 cm³/mol. The van der Waals surface area contributed by atoms with Crippen molar-refractivity contribution in [1.82, 2.24) is 9.62 Å². The van der Waals surface area contributed by atoms with Crippen LogP contribution in [0.15, 0.2) is 59.5 Å². The van der Waals surface area contributed by atoms with Crippen LogP contribution in [0.25, 0.3) is 0 Å². The molecule has 2 aromatic rings. The first kappa shape index (κ1) is 34.9. The van der Waals surface area contributed by atoms with Gasteiger partial charge in [-0.15, -0.1) is 0 Å². The number of rotatable bonds is 13. The van der Waals surface area contributed by atoms with Crippen LogP contribution in [0.4, 0.5) is 10.5 Å². The number of phosphoric ester groups is 1. The van der Waals surface area contributed by atoms with E-state index in [0.29, 0.717) is 18.7 Å². The van der Waals surface area contributed by atoms with E-state index in [9.17, 15) is 27.6 Å². The number of amides is 1. The molecular formula is C25H36CaN3O9PS+2. The molecular weight excluding hydrogens is 589 g/mol. The van der Waals surface area contributed by atoms with Crippen LogP contribution in [0.2, 0.25) is 0 Å². The number of carbonyl (C=O) groups is 1. The van der Waals surface area contributed by atoms with Crippen LogP contribution < -0.4 is 11.1 Å². The second-order valence-electron chi connectivity index (χ2n) is 9.75. The zero-order valence-corrected chi connectivity index (χ0v) is 26.5. The molecule has 1 aliphatic rings. The predicted octanol–water partition coefficient (Wildman–Crippen LogP) is 2.14. The van der Waals surface area contributed by atoms with Gasteiger partial charge in [0.15, 0.2) is 0 Å². The van der Waals surface area contributed by atoms with Crippen molar-refractivity contribution in [3.05, 3.63) is 60.2 Å². The average Bonchev–Trinajstić information content (AvgIpc) is 3.35. The summed E-state index contributed by atoms with van der Waals surface area (Å²) in [5.41, 5.74) is 6.82. The number of nitrogens with one attached hydrogen (secondary N) is 1. The summed E-state index contributed by atoms with van der Waals surface area (Å²) in [6.07, 6.45) is -2.14. The molecule has 0 aromatic heterocycles. The Morgan fingerprint density at radius 2 is 1.80 bits per heavy atom. The fourth-order valence-corrected chi connectivity index (χ4v) is 6.35. The molecule has 3 atom stereocenters. The summed E-state index contributed by atoms with van der Waals surface area (Å²) >= 11 is 0. The third-order valence-corrected chi connectivity index (χ3v) is 8.35. The molecule has 0 spiro atoms. The van der Waals surface area contributed by atoms with Gasteiger partial charge in [0.05, 0.1) is 24.2 Å². The van der Waals surface area contributed by atoms with Crippen molar-refractivity contribution in [2.24, 2.45) is 5.92 Å². The molecule has 40 heavy (non-hydrogen) atoms. The number of nitrogens with zero attached hydrogens (tertiary/aromatic N) is 1. The molecule has 0 unspecified atom stereocenters. The molecule has 15 heteroatoms. The molecule has 216 valence electrons. The summed E-state index contributed by atoms with van der Waals surface area (Å²) < 4.78 is 56.2. The number of ether oxygens (including phenoxy) is 2. The fraction of sp³-hybridized carbons (Fsp3) is 0.480. The Bertz CT molecular complexity index is 1220. The molecule has 5 N–H and O–H groups in total. The number of alkyl carbamates (subject to hydrolysis) is 1. The van der Waals surface area contributed by atoms with Crippen molar-refractivity contribution in [1.29, 1.82) is 0 Å². The first-order valence-corrected chi connectivity index (χ1v) is 15.5. The third-order valence-electron chi connectivity index (χ3n) is 5.96. The number of anilines is 1. The van der Waals surface area contributed by atoms with Crippen molar-refractivity contribution in [3.8, 4) is 0 Å². The molecule has 12 nitrogen and oxygen atoms in total. The van der Waals surface area contributed by atoms with Crippen LogP contribution in [0.1, 0.15) is 25.8 Å². The zero-order valence-electron chi connectivity index (χ0n) is 22.6. The third kappa shape index (κ3) is 11.2. The Kier molecular flexibility index (Phi) is 13.8. The minimum absolute atomic E-state index is 0. The Labute approximate surface area is 264 Å². The number of phosphoric acid groups is 1. The summed E-state index contributed by atoms with van der Waals surface area (Å²) in [6.45, 7) is 3.87. The quantitative estimate of drug-likeness (QED) is 0.146. The molecule has 0 radical (unpaired) electrons. The molecule has 1 saturated heterocycles. The van der Waals surface area contributed by atoms with E-state index in [2.05, 4.69) is 5.32 Å². The van der Waals surface area contributed by atoms with Gasteiger partial charge in [0.2, 0.25) is 10.0 Å². The van der Waals surface area contributed by atoms with E-state index in [-0.39, 0.29) is 68.1 Å². The van der Waals surface area contributed by atoms with Gasteiger partial charge >= 0.3 is 51.7 Å². The number of hydrogen-bond donors (Lipinski definition) is 4. The van der Waals surface area contributed by atoms with Crippen LogP contribution in [0, 0.1) is 5.92 Å². The van der Waals surface area contributed by atoms with Crippen LogP contribution >= 0.6 is 7.82 Å². The van der Waals surface area contributed by atoms with Crippen LogP contribution in [-0.4, -0.2) is 111 Å². The van der Waals surface area contributed by atoms with Crippen molar-refractivity contribution in [3.63, 3.8) is 0 Å². The topological polar surface area (TPSA) is 178 Å². The number of hydrogen-bond acceptors (Lipinski definition) is 8. The zero-order chi connectivity index (χ0) is 28.6.